The van der Waals surface area contributed by atoms with Gasteiger partial charge in [-0.15, -0.1) is 0 Å². The Morgan fingerprint density at radius 2 is 2.10 bits per heavy atom. The number of aliphatic hydroxyl groups excluding tert-OH is 1. The summed E-state index contributed by atoms with van der Waals surface area (Å²) in [6, 6.07) is 4.05. The molecule has 1 aromatic rings. The van der Waals surface area contributed by atoms with Gasteiger partial charge in [0.25, 0.3) is 0 Å². The molecule has 0 saturated heterocycles. The predicted molar refractivity (Wildman–Crippen MR) is 84.5 cm³/mol. The van der Waals surface area contributed by atoms with Crippen molar-refractivity contribution in [1.29, 1.82) is 0 Å². The Labute approximate surface area is 134 Å². The molecule has 0 bridgehead atoms. The molecule has 1 aromatic carbocycles. The van der Waals surface area contributed by atoms with Gasteiger partial charge < -0.3 is 5.11 Å². The average molecular weight is 384 g/mol. The van der Waals surface area contributed by atoms with E-state index in [1.54, 1.807) is 6.92 Å². The van der Waals surface area contributed by atoms with Gasteiger partial charge in [0.1, 0.15) is 17.5 Å². The molecule has 7 heteroatoms. The van der Waals surface area contributed by atoms with Crippen LogP contribution >= 0.6 is 15.9 Å². The maximum atomic E-state index is 14.2. The Morgan fingerprint density at radius 1 is 1.48 bits per heavy atom. The van der Waals surface area contributed by atoms with Gasteiger partial charge in [-0.2, -0.15) is 0 Å². The van der Waals surface area contributed by atoms with Crippen LogP contribution in [0.25, 0.3) is 0 Å². The third-order valence-electron chi connectivity index (χ3n) is 3.56. The third-order valence-corrected chi connectivity index (χ3v) is 5.68. The molecule has 0 heterocycles. The largest absolute Gasteiger partial charge is 0.394 e. The maximum absolute atomic E-state index is 14.2. The lowest BCUT2D eigenvalue weighted by Crippen LogP contribution is -2.54. The number of halogens is 3. The molecule has 0 aromatic heterocycles. The van der Waals surface area contributed by atoms with Gasteiger partial charge in [0, 0.05) is 15.3 Å². The van der Waals surface area contributed by atoms with Crippen molar-refractivity contribution in [1.82, 2.24) is 4.72 Å². The first-order chi connectivity index (χ1) is 9.78. The fourth-order valence-corrected chi connectivity index (χ4v) is 3.43. The topological polar surface area (TPSA) is 49.3 Å². The fraction of sp³-hybridized carbons (Fsp3) is 0.571. The minimum absolute atomic E-state index is 0.0500. The van der Waals surface area contributed by atoms with Gasteiger partial charge in [0.05, 0.1) is 17.6 Å². The zero-order chi connectivity index (χ0) is 16.2. The van der Waals surface area contributed by atoms with E-state index in [4.69, 9.17) is 0 Å². The summed E-state index contributed by atoms with van der Waals surface area (Å²) in [4.78, 5) is 0. The summed E-state index contributed by atoms with van der Waals surface area (Å²) >= 11 is 3.20. The van der Waals surface area contributed by atoms with Crippen LogP contribution in [0.4, 0.5) is 8.78 Å². The van der Waals surface area contributed by atoms with Crippen LogP contribution in [0.15, 0.2) is 22.7 Å². The monoisotopic (exact) mass is 383 g/mol. The summed E-state index contributed by atoms with van der Waals surface area (Å²) in [7, 11) is -1.60. The lowest BCUT2D eigenvalue weighted by Gasteiger charge is -2.35. The van der Waals surface area contributed by atoms with Gasteiger partial charge in [-0.1, -0.05) is 22.9 Å². The van der Waals surface area contributed by atoms with Crippen LogP contribution < -0.4 is 4.72 Å². The molecule has 0 saturated carbocycles. The average Bonchev–Trinajstić information content (AvgIpc) is 2.46. The molecule has 1 rings (SSSR count). The summed E-state index contributed by atoms with van der Waals surface area (Å²) in [6.45, 7) is 4.09. The van der Waals surface area contributed by atoms with E-state index in [1.807, 2.05) is 6.92 Å². The lowest BCUT2D eigenvalue weighted by molar-refractivity contribution is 0.0999. The second kappa shape index (κ2) is 7.76. The molecule has 0 aliphatic rings. The Hall–Kier alpha value is -0.370. The SMILES string of the molecule is CC[C@@H](C)S(=O)N[C@@](CO)(c1cc(Br)ccc1F)[C@@H](C)F. The molecule has 0 amide bonds. The number of benzene rings is 1. The van der Waals surface area contributed by atoms with E-state index in [2.05, 4.69) is 20.7 Å². The second-order valence-electron chi connectivity index (χ2n) is 4.99. The molecule has 2 N–H and O–H groups in total. The number of aliphatic hydroxyl groups is 1. The van der Waals surface area contributed by atoms with Crippen molar-refractivity contribution in [3.05, 3.63) is 34.1 Å². The number of alkyl halides is 1. The highest BCUT2D eigenvalue weighted by Gasteiger charge is 2.42. The standard InChI is InChI=1S/C14H20BrF2NO2S/c1-4-9(2)21(20)18-14(8-19,10(3)16)12-7-11(15)5-6-13(12)17/h5-7,9-10,18-19H,4,8H2,1-3H3/t9-,10-,14-,21?/m1/s1. The van der Waals surface area contributed by atoms with E-state index >= 15 is 0 Å². The normalized spacial score (nSPS) is 18.8. The molecule has 0 spiro atoms. The van der Waals surface area contributed by atoms with Gasteiger partial charge in [-0.05, 0) is 38.5 Å². The molecule has 0 fully saturated rings. The molecule has 0 aliphatic heterocycles. The maximum Gasteiger partial charge on any atom is 0.128 e. The van der Waals surface area contributed by atoms with Crippen LogP contribution in [-0.2, 0) is 16.5 Å². The van der Waals surface area contributed by atoms with Crippen molar-refractivity contribution in [2.75, 3.05) is 6.61 Å². The van der Waals surface area contributed by atoms with E-state index in [1.165, 1.54) is 25.1 Å². The first-order valence-corrected chi connectivity index (χ1v) is 8.68. The molecule has 3 nitrogen and oxygen atoms in total. The lowest BCUT2D eigenvalue weighted by atomic mass is 9.87. The molecule has 21 heavy (non-hydrogen) atoms. The van der Waals surface area contributed by atoms with Crippen molar-refractivity contribution < 1.29 is 18.1 Å². The van der Waals surface area contributed by atoms with Crippen LogP contribution in [-0.4, -0.2) is 27.3 Å². The van der Waals surface area contributed by atoms with Gasteiger partial charge in [-0.3, -0.25) is 0 Å². The highest BCUT2D eigenvalue weighted by atomic mass is 79.9. The van der Waals surface area contributed by atoms with Crippen molar-refractivity contribution >= 4 is 26.9 Å². The summed E-state index contributed by atoms with van der Waals surface area (Å²) in [5.41, 5.74) is -1.80. The summed E-state index contributed by atoms with van der Waals surface area (Å²) in [6.07, 6.45) is -1.03. The smallest absolute Gasteiger partial charge is 0.128 e. The number of hydrogen-bond donors (Lipinski definition) is 2. The highest BCUT2D eigenvalue weighted by molar-refractivity contribution is 9.10. The zero-order valence-electron chi connectivity index (χ0n) is 12.2. The minimum Gasteiger partial charge on any atom is -0.394 e. The van der Waals surface area contributed by atoms with Gasteiger partial charge in [0.2, 0.25) is 0 Å². The number of hydrogen-bond acceptors (Lipinski definition) is 2. The third kappa shape index (κ3) is 4.09. The van der Waals surface area contributed by atoms with E-state index in [-0.39, 0.29) is 10.8 Å². The van der Waals surface area contributed by atoms with Crippen LogP contribution in [0.5, 0.6) is 0 Å². The molecule has 4 atom stereocenters. The van der Waals surface area contributed by atoms with Crippen molar-refractivity contribution in [2.45, 2.75) is 44.2 Å². The van der Waals surface area contributed by atoms with E-state index in [9.17, 15) is 18.1 Å². The van der Waals surface area contributed by atoms with Gasteiger partial charge >= 0.3 is 0 Å². The van der Waals surface area contributed by atoms with Crippen LogP contribution in [0.1, 0.15) is 32.8 Å². The Bertz CT molecular complexity index is 516. The molecule has 0 radical (unpaired) electrons. The van der Waals surface area contributed by atoms with Crippen LogP contribution in [0, 0.1) is 5.82 Å². The van der Waals surface area contributed by atoms with Crippen LogP contribution in [0.2, 0.25) is 0 Å². The quantitative estimate of drug-likeness (QED) is 0.759. The molecule has 0 aliphatic carbocycles. The van der Waals surface area contributed by atoms with E-state index in [0.29, 0.717) is 10.9 Å². The summed E-state index contributed by atoms with van der Waals surface area (Å²) < 4.78 is 43.7. The van der Waals surface area contributed by atoms with Gasteiger partial charge in [0.15, 0.2) is 0 Å². The van der Waals surface area contributed by atoms with E-state index in [0.717, 1.165) is 0 Å². The number of rotatable bonds is 7. The fourth-order valence-electron chi connectivity index (χ4n) is 1.86. The first kappa shape index (κ1) is 18.7. The molecule has 1 unspecified atom stereocenters. The Balaban J connectivity index is 3.33. The number of nitrogens with one attached hydrogen (secondary N) is 1. The minimum atomic E-state index is -1.75. The van der Waals surface area contributed by atoms with Crippen molar-refractivity contribution in [3.8, 4) is 0 Å². The Morgan fingerprint density at radius 3 is 2.57 bits per heavy atom. The Kier molecular flexibility index (Phi) is 6.90. The van der Waals surface area contributed by atoms with Crippen molar-refractivity contribution in [2.24, 2.45) is 0 Å². The predicted octanol–water partition coefficient (Wildman–Crippen LogP) is 3.19. The molecular formula is C14H20BrF2NO2S. The van der Waals surface area contributed by atoms with Gasteiger partial charge in [-0.25, -0.2) is 17.7 Å². The molecule has 120 valence electrons. The van der Waals surface area contributed by atoms with E-state index < -0.39 is 35.1 Å². The summed E-state index contributed by atoms with van der Waals surface area (Å²) in [5.74, 6) is -0.662. The van der Waals surface area contributed by atoms with Crippen LogP contribution in [0.3, 0.4) is 0 Å². The summed E-state index contributed by atoms with van der Waals surface area (Å²) in [5, 5.41) is 9.45. The first-order valence-electron chi connectivity index (χ1n) is 6.67. The zero-order valence-corrected chi connectivity index (χ0v) is 14.6. The highest BCUT2D eigenvalue weighted by Crippen LogP contribution is 2.32. The van der Waals surface area contributed by atoms with Crippen molar-refractivity contribution in [3.63, 3.8) is 0 Å². The molecular weight excluding hydrogens is 364 g/mol. The second-order valence-corrected chi connectivity index (χ2v) is 7.51.